The number of hydrogen-bond acceptors (Lipinski definition) is 18. The molecule has 0 aromatic carbocycles. The van der Waals surface area contributed by atoms with Gasteiger partial charge in [-0.1, -0.05) is 23.5 Å². The van der Waals surface area contributed by atoms with Gasteiger partial charge in [0.15, 0.2) is 10.2 Å². The van der Waals surface area contributed by atoms with Crippen molar-refractivity contribution in [2.75, 3.05) is 111 Å². The molecule has 0 fully saturated rings. The van der Waals surface area contributed by atoms with E-state index in [1.165, 1.54) is 47.0 Å². The van der Waals surface area contributed by atoms with Crippen LogP contribution in [-0.4, -0.2) is 140 Å². The minimum absolute atomic E-state index is 0.110. The van der Waals surface area contributed by atoms with Crippen molar-refractivity contribution >= 4 is 173 Å². The third-order valence-corrected chi connectivity index (χ3v) is 21.5. The molecular formula is C22H42O6S14. The molecule has 0 saturated heterocycles. The first-order chi connectivity index (χ1) is 20.5. The summed E-state index contributed by atoms with van der Waals surface area (Å²) in [5, 5.41) is 22.2. The number of thioether (sulfide) groups is 12. The molecule has 0 heterocycles. The van der Waals surface area contributed by atoms with E-state index in [1.54, 1.807) is 94.1 Å². The molecule has 0 bridgehead atoms. The Morgan fingerprint density at radius 2 is 0.881 bits per heavy atom. The fourth-order valence-corrected chi connectivity index (χ4v) is 18.0. The third kappa shape index (κ3) is 36.6. The molecule has 20 heteroatoms. The average molecular weight is 852 g/mol. The van der Waals surface area contributed by atoms with E-state index in [4.69, 9.17) is 10.2 Å². The van der Waals surface area contributed by atoms with Crippen molar-refractivity contribution in [3.8, 4) is 0 Å². The Labute approximate surface area is 309 Å². The summed E-state index contributed by atoms with van der Waals surface area (Å²) in [5.41, 5.74) is 0. The van der Waals surface area contributed by atoms with Gasteiger partial charge in [-0.3, -0.25) is 18.0 Å². The topological polar surface area (TPSA) is 109 Å². The maximum Gasteiger partial charge on any atom is 0.199 e. The molecule has 0 rings (SSSR count). The molecule has 0 aliphatic carbocycles. The van der Waals surface area contributed by atoms with Crippen LogP contribution in [0.2, 0.25) is 0 Å². The Morgan fingerprint density at radius 3 is 1.43 bits per heavy atom. The summed E-state index contributed by atoms with van der Waals surface area (Å²) < 4.78 is 24.0. The van der Waals surface area contributed by atoms with Gasteiger partial charge in [0.25, 0.3) is 0 Å². The van der Waals surface area contributed by atoms with Crippen LogP contribution in [0.5, 0.6) is 0 Å². The van der Waals surface area contributed by atoms with Gasteiger partial charge in [-0.2, -0.15) is 47.0 Å². The van der Waals surface area contributed by atoms with E-state index in [1.807, 2.05) is 0 Å². The van der Waals surface area contributed by atoms with E-state index in [9.17, 15) is 18.0 Å². The zero-order chi connectivity index (χ0) is 30.9. The van der Waals surface area contributed by atoms with E-state index in [0.717, 1.165) is 66.4 Å². The standard InChI is InChI=1S/C22H42O6S14/c23-13-35-15-37-18-40-22(26)12-32-4-1-29-7-9-41(27)19-34-6-5-33-17-39-21(25)11-31-3-2-30-8-10-42(28)20-38-16-36-14-24/h23-24H,1-20H2. The summed E-state index contributed by atoms with van der Waals surface area (Å²) in [6.07, 6.45) is 0. The lowest BCUT2D eigenvalue weighted by molar-refractivity contribution is -0.109. The molecule has 250 valence electrons. The van der Waals surface area contributed by atoms with Gasteiger partial charge in [0.05, 0.1) is 33.6 Å². The summed E-state index contributed by atoms with van der Waals surface area (Å²) in [6.45, 7) is 0. The second-order valence-electron chi connectivity index (χ2n) is 7.25. The molecule has 2 atom stereocenters. The molecule has 0 radical (unpaired) electrons. The number of aliphatic hydroxyl groups excluding tert-OH is 2. The second-order valence-corrected chi connectivity index (χ2v) is 25.4. The van der Waals surface area contributed by atoms with Crippen molar-refractivity contribution in [1.82, 2.24) is 0 Å². The minimum Gasteiger partial charge on any atom is -0.386 e. The van der Waals surface area contributed by atoms with Gasteiger partial charge in [0.2, 0.25) is 0 Å². The van der Waals surface area contributed by atoms with Gasteiger partial charge in [-0.05, 0) is 0 Å². The summed E-state index contributed by atoms with van der Waals surface area (Å²) in [7, 11) is -1.61. The van der Waals surface area contributed by atoms with Gasteiger partial charge in [0, 0.05) is 99.5 Å². The van der Waals surface area contributed by atoms with Crippen LogP contribution in [0.15, 0.2) is 0 Å². The van der Waals surface area contributed by atoms with Gasteiger partial charge >= 0.3 is 0 Å². The van der Waals surface area contributed by atoms with Crippen molar-refractivity contribution in [3.05, 3.63) is 0 Å². The van der Waals surface area contributed by atoms with Crippen molar-refractivity contribution < 1.29 is 28.2 Å². The fourth-order valence-electron chi connectivity index (χ4n) is 2.15. The molecular weight excluding hydrogens is 809 g/mol. The average Bonchev–Trinajstić information content (AvgIpc) is 2.97. The van der Waals surface area contributed by atoms with Gasteiger partial charge in [-0.25, -0.2) is 0 Å². The highest BCUT2D eigenvalue weighted by atomic mass is 32.3. The summed E-state index contributed by atoms with van der Waals surface area (Å²) in [4.78, 5) is 23.8. The van der Waals surface area contributed by atoms with Crippen LogP contribution in [0.1, 0.15) is 0 Å². The molecule has 0 saturated carbocycles. The predicted octanol–water partition coefficient (Wildman–Crippen LogP) is 5.98. The molecule has 0 aromatic rings. The van der Waals surface area contributed by atoms with Crippen LogP contribution in [0.25, 0.3) is 0 Å². The van der Waals surface area contributed by atoms with E-state index in [0.29, 0.717) is 33.2 Å². The lowest BCUT2D eigenvalue weighted by Crippen LogP contribution is -2.04. The molecule has 42 heavy (non-hydrogen) atoms. The molecule has 0 amide bonds. The largest absolute Gasteiger partial charge is 0.386 e. The van der Waals surface area contributed by atoms with Gasteiger partial charge < -0.3 is 10.2 Å². The highest BCUT2D eigenvalue weighted by Crippen LogP contribution is 2.20. The normalized spacial score (nSPS) is 12.9. The zero-order valence-corrected chi connectivity index (χ0v) is 34.8. The number of rotatable bonds is 33. The van der Waals surface area contributed by atoms with E-state index in [2.05, 4.69) is 0 Å². The first-order valence-corrected chi connectivity index (χ1v) is 29.0. The number of aliphatic hydroxyl groups is 2. The Morgan fingerprint density at radius 1 is 0.452 bits per heavy atom. The first-order valence-electron chi connectivity index (χ1n) is 12.5. The zero-order valence-electron chi connectivity index (χ0n) is 23.4. The van der Waals surface area contributed by atoms with Crippen molar-refractivity contribution in [3.63, 3.8) is 0 Å². The van der Waals surface area contributed by atoms with E-state index < -0.39 is 21.6 Å². The molecule has 0 spiro atoms. The van der Waals surface area contributed by atoms with Crippen LogP contribution in [0.4, 0.5) is 0 Å². The molecule has 2 N–H and O–H groups in total. The van der Waals surface area contributed by atoms with Crippen molar-refractivity contribution in [2.24, 2.45) is 0 Å². The van der Waals surface area contributed by atoms with Crippen molar-refractivity contribution in [1.29, 1.82) is 0 Å². The monoisotopic (exact) mass is 850 g/mol. The second kappa shape index (κ2) is 37.6. The van der Waals surface area contributed by atoms with E-state index >= 15 is 0 Å². The molecule has 6 nitrogen and oxygen atoms in total. The van der Waals surface area contributed by atoms with Crippen LogP contribution >= 0.6 is 141 Å². The predicted molar refractivity (Wildman–Crippen MR) is 219 cm³/mol. The Hall–Kier alpha value is 3.76. The van der Waals surface area contributed by atoms with E-state index in [-0.39, 0.29) is 22.1 Å². The van der Waals surface area contributed by atoms with Gasteiger partial charge in [-0.15, -0.1) is 70.6 Å². The highest BCUT2D eigenvalue weighted by molar-refractivity contribution is 8.28. The molecule has 2 unspecified atom stereocenters. The van der Waals surface area contributed by atoms with Gasteiger partial charge in [0.1, 0.15) is 0 Å². The SMILES string of the molecule is O=C(CSCCSCCS(=O)CSCSCO)SCSCCSCS(=O)CCSCCSCC(=O)SCSCSCO. The van der Waals surface area contributed by atoms with Crippen LogP contribution in [0, 0.1) is 0 Å². The number of carbonyl (C=O) groups is 2. The first kappa shape index (κ1) is 45.8. The maximum atomic E-state index is 12.2. The Balaban J connectivity index is 3.37. The van der Waals surface area contributed by atoms with Crippen molar-refractivity contribution in [2.45, 2.75) is 0 Å². The molecule has 0 aliphatic rings. The summed E-state index contributed by atoms with van der Waals surface area (Å²) >= 11 is 19.2. The Bertz CT molecular complexity index is 694. The smallest absolute Gasteiger partial charge is 0.199 e. The third-order valence-electron chi connectivity index (χ3n) is 4.02. The minimum atomic E-state index is -0.807. The highest BCUT2D eigenvalue weighted by Gasteiger charge is 2.06. The summed E-state index contributed by atoms with van der Waals surface area (Å²) in [5.74, 6) is 10.1. The summed E-state index contributed by atoms with van der Waals surface area (Å²) in [6, 6.07) is 0. The fraction of sp³-hybridized carbons (Fsp3) is 0.909. The Kier molecular flexibility index (Phi) is 40.9. The van der Waals surface area contributed by atoms with Crippen LogP contribution in [0.3, 0.4) is 0 Å². The quantitative estimate of drug-likeness (QED) is 0.0597. The number of carbonyl (C=O) groups excluding carboxylic acids is 2. The lowest BCUT2D eigenvalue weighted by Gasteiger charge is -2.04. The maximum absolute atomic E-state index is 12.2. The number of hydrogen-bond donors (Lipinski definition) is 2. The molecule has 0 aliphatic heterocycles. The lowest BCUT2D eigenvalue weighted by atomic mass is 10.9. The molecule has 0 aromatic heterocycles. The van der Waals surface area contributed by atoms with Crippen LogP contribution < -0.4 is 0 Å². The van der Waals surface area contributed by atoms with Crippen LogP contribution in [-0.2, 0) is 31.2 Å².